The minimum absolute atomic E-state index is 0.0335. The molecule has 4 heterocycles. The maximum atomic E-state index is 15.2. The number of aryl methyl sites for hydroxylation is 2. The molecule has 32 heavy (non-hydrogen) atoms. The van der Waals surface area contributed by atoms with E-state index >= 15 is 4.39 Å². The van der Waals surface area contributed by atoms with E-state index in [2.05, 4.69) is 15.2 Å². The molecule has 5 rings (SSSR count). The average molecular weight is 438 g/mol. The Labute approximate surface area is 183 Å². The molecule has 1 saturated heterocycles. The van der Waals surface area contributed by atoms with Crippen molar-refractivity contribution in [2.45, 2.75) is 32.7 Å². The summed E-state index contributed by atoms with van der Waals surface area (Å²) in [4.78, 5) is 19.6. The summed E-state index contributed by atoms with van der Waals surface area (Å²) in [6.45, 7) is 5.25. The summed E-state index contributed by atoms with van der Waals surface area (Å²) in [5, 5.41) is 9.40. The summed E-state index contributed by atoms with van der Waals surface area (Å²) < 4.78 is 30.8. The Morgan fingerprint density at radius 1 is 1.16 bits per heavy atom. The number of halogens is 2. The van der Waals surface area contributed by atoms with Crippen LogP contribution in [0.5, 0.6) is 0 Å². The van der Waals surface area contributed by atoms with Crippen LogP contribution in [0.15, 0.2) is 35.4 Å². The van der Waals surface area contributed by atoms with Crippen LogP contribution in [0.25, 0.3) is 27.7 Å². The predicted octanol–water partition coefficient (Wildman–Crippen LogP) is 3.47. The van der Waals surface area contributed by atoms with Crippen molar-refractivity contribution in [1.82, 2.24) is 29.3 Å². The number of hydrogen-bond acceptors (Lipinski definition) is 5. The third kappa shape index (κ3) is 3.56. The van der Waals surface area contributed by atoms with Crippen molar-refractivity contribution in [1.29, 1.82) is 0 Å². The molecule has 1 aliphatic rings. The lowest BCUT2D eigenvalue weighted by Crippen LogP contribution is -2.39. The van der Waals surface area contributed by atoms with Gasteiger partial charge in [-0.3, -0.25) is 4.79 Å². The summed E-state index contributed by atoms with van der Waals surface area (Å²) in [5.41, 5.74) is 3.27. The zero-order valence-corrected chi connectivity index (χ0v) is 18.1. The quantitative estimate of drug-likeness (QED) is 0.488. The number of nitrogens with zero attached hydrogens (tertiary/aromatic N) is 6. The first kappa shape index (κ1) is 20.7. The van der Waals surface area contributed by atoms with Gasteiger partial charge in [-0.1, -0.05) is 0 Å². The molecular weight excluding hydrogens is 414 g/mol. The fourth-order valence-electron chi connectivity index (χ4n) is 4.55. The minimum Gasteiger partial charge on any atom is -0.301 e. The Kier molecular flexibility index (Phi) is 5.21. The van der Waals surface area contributed by atoms with Gasteiger partial charge in [-0.2, -0.15) is 10.2 Å². The first-order chi connectivity index (χ1) is 15.4. The monoisotopic (exact) mass is 438 g/mol. The minimum atomic E-state index is -0.588. The third-order valence-corrected chi connectivity index (χ3v) is 6.19. The highest BCUT2D eigenvalue weighted by atomic mass is 19.1. The van der Waals surface area contributed by atoms with Crippen molar-refractivity contribution in [2.75, 3.05) is 26.3 Å². The molecule has 0 N–H and O–H groups in total. The van der Waals surface area contributed by atoms with E-state index in [9.17, 15) is 9.18 Å². The molecule has 3 aromatic heterocycles. The number of piperidine rings is 1. The Balaban J connectivity index is 1.53. The van der Waals surface area contributed by atoms with Crippen LogP contribution < -0.4 is 5.56 Å². The van der Waals surface area contributed by atoms with E-state index < -0.39 is 11.4 Å². The fourth-order valence-corrected chi connectivity index (χ4v) is 4.55. The topological polar surface area (TPSA) is 68.3 Å². The van der Waals surface area contributed by atoms with Crippen molar-refractivity contribution in [3.05, 3.63) is 58.0 Å². The Hall–Kier alpha value is -3.20. The average Bonchev–Trinajstić information content (AvgIpc) is 3.15. The zero-order valence-electron chi connectivity index (χ0n) is 18.1. The van der Waals surface area contributed by atoms with E-state index in [1.54, 1.807) is 16.8 Å². The van der Waals surface area contributed by atoms with E-state index in [4.69, 9.17) is 0 Å². The van der Waals surface area contributed by atoms with Crippen molar-refractivity contribution in [3.63, 3.8) is 0 Å². The van der Waals surface area contributed by atoms with Crippen LogP contribution in [0.2, 0.25) is 0 Å². The molecular formula is C23H24F2N6O. The van der Waals surface area contributed by atoms with Crippen molar-refractivity contribution < 1.29 is 8.78 Å². The van der Waals surface area contributed by atoms with E-state index in [-0.39, 0.29) is 18.1 Å². The van der Waals surface area contributed by atoms with Crippen molar-refractivity contribution >= 4 is 16.4 Å². The lowest BCUT2D eigenvalue weighted by molar-refractivity contribution is 0.167. The summed E-state index contributed by atoms with van der Waals surface area (Å²) in [6, 6.07) is 4.86. The second-order valence-electron chi connectivity index (χ2n) is 8.44. The van der Waals surface area contributed by atoms with Gasteiger partial charge in [0, 0.05) is 30.6 Å². The molecule has 1 aliphatic heterocycles. The highest BCUT2D eigenvalue weighted by Crippen LogP contribution is 2.27. The molecule has 0 aliphatic carbocycles. The predicted molar refractivity (Wildman–Crippen MR) is 118 cm³/mol. The molecule has 4 aromatic rings. The summed E-state index contributed by atoms with van der Waals surface area (Å²) >= 11 is 0. The lowest BCUT2D eigenvalue weighted by Gasteiger charge is -2.31. The molecule has 0 atom stereocenters. The smallest absolute Gasteiger partial charge is 0.277 e. The zero-order chi connectivity index (χ0) is 22.4. The van der Waals surface area contributed by atoms with Crippen LogP contribution in [0, 0.1) is 19.7 Å². The first-order valence-electron chi connectivity index (χ1n) is 10.8. The molecule has 1 fully saturated rings. The van der Waals surface area contributed by atoms with Gasteiger partial charge in [0.15, 0.2) is 5.65 Å². The van der Waals surface area contributed by atoms with Gasteiger partial charge in [0.05, 0.1) is 35.2 Å². The first-order valence-corrected chi connectivity index (χ1v) is 10.8. The van der Waals surface area contributed by atoms with Crippen LogP contribution in [-0.2, 0) is 0 Å². The van der Waals surface area contributed by atoms with Gasteiger partial charge in [-0.05, 0) is 50.5 Å². The van der Waals surface area contributed by atoms with Gasteiger partial charge in [-0.15, -0.1) is 0 Å². The van der Waals surface area contributed by atoms with E-state index in [0.29, 0.717) is 49.1 Å². The highest BCUT2D eigenvalue weighted by molar-refractivity contribution is 5.86. The second-order valence-corrected chi connectivity index (χ2v) is 8.44. The Morgan fingerprint density at radius 3 is 2.69 bits per heavy atom. The molecule has 1 aromatic carbocycles. The van der Waals surface area contributed by atoms with Gasteiger partial charge in [0.1, 0.15) is 12.5 Å². The van der Waals surface area contributed by atoms with Gasteiger partial charge in [0.25, 0.3) is 5.56 Å². The Bertz CT molecular complexity index is 1370. The standard InChI is InChI=1S/C23H24F2N6O/c1-14-9-20(28-30-13-15(2)27-22(14)30)16-10-17-12-26-31(23(32)21(17)19(25)11-16)18-3-6-29(7-4-18)8-5-24/h9-13,18H,3-8H2,1-2H3. The number of rotatable bonds is 4. The van der Waals surface area contributed by atoms with E-state index in [1.807, 2.05) is 31.0 Å². The summed E-state index contributed by atoms with van der Waals surface area (Å²) in [7, 11) is 0. The molecule has 9 heteroatoms. The molecule has 0 spiro atoms. The number of imidazole rings is 1. The largest absolute Gasteiger partial charge is 0.301 e. The number of benzene rings is 1. The van der Waals surface area contributed by atoms with Gasteiger partial charge in [0.2, 0.25) is 0 Å². The van der Waals surface area contributed by atoms with Crippen LogP contribution >= 0.6 is 0 Å². The normalized spacial score (nSPS) is 15.8. The second kappa shape index (κ2) is 8.05. The van der Waals surface area contributed by atoms with Crippen LogP contribution in [0.4, 0.5) is 8.78 Å². The van der Waals surface area contributed by atoms with Gasteiger partial charge in [-0.25, -0.2) is 23.0 Å². The molecule has 166 valence electrons. The van der Waals surface area contributed by atoms with Crippen LogP contribution in [0.3, 0.4) is 0 Å². The van der Waals surface area contributed by atoms with E-state index in [1.165, 1.54) is 10.7 Å². The molecule has 7 nitrogen and oxygen atoms in total. The number of fused-ring (bicyclic) bond motifs is 2. The summed E-state index contributed by atoms with van der Waals surface area (Å²) in [6.07, 6.45) is 4.74. The number of hydrogen-bond donors (Lipinski definition) is 0. The fraction of sp³-hybridized carbons (Fsp3) is 0.391. The lowest BCUT2D eigenvalue weighted by atomic mass is 10.0. The van der Waals surface area contributed by atoms with Crippen molar-refractivity contribution in [2.24, 2.45) is 0 Å². The van der Waals surface area contributed by atoms with Gasteiger partial charge < -0.3 is 4.90 Å². The maximum Gasteiger partial charge on any atom is 0.277 e. The molecule has 0 unspecified atom stereocenters. The molecule has 0 amide bonds. The third-order valence-electron chi connectivity index (χ3n) is 6.19. The number of aromatic nitrogens is 5. The SMILES string of the molecule is Cc1cn2nc(-c3cc(F)c4c(=O)n(C5CCN(CCF)CC5)ncc4c3)cc(C)c2n1. The molecule has 0 saturated carbocycles. The van der Waals surface area contributed by atoms with Crippen LogP contribution in [0.1, 0.15) is 30.1 Å². The van der Waals surface area contributed by atoms with Crippen molar-refractivity contribution in [3.8, 4) is 11.3 Å². The van der Waals surface area contributed by atoms with Gasteiger partial charge >= 0.3 is 0 Å². The highest BCUT2D eigenvalue weighted by Gasteiger charge is 2.23. The maximum absolute atomic E-state index is 15.2. The number of alkyl halides is 1. The molecule has 0 bridgehead atoms. The van der Waals surface area contributed by atoms with Crippen LogP contribution in [-0.4, -0.2) is 55.6 Å². The summed E-state index contributed by atoms with van der Waals surface area (Å²) in [5.74, 6) is -0.588. The number of likely N-dealkylation sites (tertiary alicyclic amines) is 1. The molecule has 0 radical (unpaired) electrons. The Morgan fingerprint density at radius 2 is 1.94 bits per heavy atom. The van der Waals surface area contributed by atoms with E-state index in [0.717, 1.165) is 16.9 Å².